The van der Waals surface area contributed by atoms with Crippen molar-refractivity contribution in [3.63, 3.8) is 0 Å². The van der Waals surface area contributed by atoms with Gasteiger partial charge in [0.1, 0.15) is 46.5 Å². The molecule has 29 heteroatoms. The van der Waals surface area contributed by atoms with Crippen LogP contribution in [0.5, 0.6) is 0 Å². The summed E-state index contributed by atoms with van der Waals surface area (Å²) in [4.78, 5) is 55.8. The van der Waals surface area contributed by atoms with E-state index < -0.39 is 35.6 Å². The summed E-state index contributed by atoms with van der Waals surface area (Å²) in [6.45, 7) is 0. The van der Waals surface area contributed by atoms with E-state index in [0.29, 0.717) is 83.2 Å². The van der Waals surface area contributed by atoms with Crippen molar-refractivity contribution in [2.24, 2.45) is 0 Å². The van der Waals surface area contributed by atoms with E-state index in [1.807, 2.05) is 5.32 Å². The molecule has 0 saturated heterocycles. The van der Waals surface area contributed by atoms with Gasteiger partial charge in [-0.05, 0) is 155 Å². The standard InChI is InChI=1S/2C22H16F2N4O.C20H13F2N3OS.C17H11F4N3O/c23-16-6-3-14(4-7-16)5-8-19-17-11-21(18(24)12-20(17)28-27-19)26-22(29)10-15-2-1-9-25-13-15;23-15-7-4-14(5-8-15)6-9-19-17-12-21(18(24)13-20(17)28-27-19)26-22(29)11-16-3-1-2-10-25-16;21-14-4-1-12(2-5-14)3-6-17-15-9-19(16(22)10-18(15)25-24-17)23-20(26)13-7-8-27-11-13;18-10-4-1-9(2-5-10)3-6-13-11-7-15(22-17(25)16(20)21)12(19)8-14(11)24-23-13/h1-9,11-13H,10H2,(H,26,29)(H,27,28);1-10,12-13H,11H2,(H,26,29)(H,27,28);1-11H,(H,23,26)(H,24,25);1-8,16H,(H,22,25)(H,23,24)/b8-5+;9-6+;2*6-3+. The smallest absolute Gasteiger partial charge is 0.315 e. The zero-order valence-corrected chi connectivity index (χ0v) is 57.6. The summed E-state index contributed by atoms with van der Waals surface area (Å²) >= 11 is 1.39. The van der Waals surface area contributed by atoms with Crippen LogP contribution in [0, 0.1) is 46.5 Å². The van der Waals surface area contributed by atoms with Gasteiger partial charge in [0.2, 0.25) is 11.8 Å². The molecule has 0 aliphatic rings. The fourth-order valence-corrected chi connectivity index (χ4v) is 11.3. The zero-order valence-electron chi connectivity index (χ0n) is 56.8. The molecular weight excluding hydrogens is 1460 g/mol. The quantitative estimate of drug-likeness (QED) is 0.0377. The number of nitrogens with zero attached hydrogens (tertiary/aromatic N) is 6. The van der Waals surface area contributed by atoms with Gasteiger partial charge < -0.3 is 21.3 Å². The highest BCUT2D eigenvalue weighted by atomic mass is 32.1. The van der Waals surface area contributed by atoms with E-state index in [4.69, 9.17) is 0 Å². The Labute approximate surface area is 621 Å². The predicted octanol–water partition coefficient (Wildman–Crippen LogP) is 18.7. The number of carbonyl (C=O) groups excluding carboxylic acids is 4. The third-order valence-electron chi connectivity index (χ3n) is 16.1. The van der Waals surface area contributed by atoms with E-state index in [-0.39, 0.29) is 76.6 Å². The molecule has 15 rings (SSSR count). The lowest BCUT2D eigenvalue weighted by molar-refractivity contribution is -0.126. The van der Waals surface area contributed by atoms with E-state index in [1.54, 1.807) is 175 Å². The third kappa shape index (κ3) is 20.0. The summed E-state index contributed by atoms with van der Waals surface area (Å²) in [5, 5.41) is 43.0. The SMILES string of the molecule is O=C(Cc1ccccn1)Nc1cc2c(/C=C/c3ccc(F)cc3)n[nH]c2cc1F.O=C(Cc1cccnc1)Nc1cc2c(/C=C/c3ccc(F)cc3)n[nH]c2cc1F.O=C(Nc1cc2c(/C=C/c3ccc(F)cc3)n[nH]c2cc1F)C(F)F.O=C(Nc1cc2c(/C=C/c3ccc(F)cc3)n[nH]c2cc1F)c1ccsc1. The van der Waals surface area contributed by atoms with Crippen molar-refractivity contribution in [3.8, 4) is 0 Å². The fourth-order valence-electron chi connectivity index (χ4n) is 10.6. The average Bonchev–Trinajstić information content (AvgIpc) is 1.73. The van der Waals surface area contributed by atoms with Gasteiger partial charge in [-0.25, -0.2) is 35.1 Å². The number of hydrogen-bond acceptors (Lipinski definition) is 11. The molecule has 8 N–H and O–H groups in total. The molecule has 0 saturated carbocycles. The number of carbonyl (C=O) groups is 4. The van der Waals surface area contributed by atoms with Crippen molar-refractivity contribution in [1.82, 2.24) is 50.8 Å². The molecule has 0 aliphatic heterocycles. The second-order valence-corrected chi connectivity index (χ2v) is 24.7. The highest BCUT2D eigenvalue weighted by Gasteiger charge is 2.20. The van der Waals surface area contributed by atoms with E-state index in [9.17, 15) is 63.1 Å². The average molecular weight is 1510 g/mol. The Morgan fingerprint density at radius 3 is 1.11 bits per heavy atom. The Balaban J connectivity index is 0.000000137. The number of benzene rings is 8. The number of thiophene rings is 1. The summed E-state index contributed by atoms with van der Waals surface area (Å²) < 4.78 is 134. The summed E-state index contributed by atoms with van der Waals surface area (Å²) in [7, 11) is 0. The van der Waals surface area contributed by atoms with Crippen molar-refractivity contribution in [2.45, 2.75) is 19.3 Å². The van der Waals surface area contributed by atoms with Gasteiger partial charge in [0.15, 0.2) is 0 Å². The molecule has 18 nitrogen and oxygen atoms in total. The molecule has 7 aromatic heterocycles. The first-order chi connectivity index (χ1) is 53.2. The molecule has 4 amide bonds. The monoisotopic (exact) mass is 1510 g/mol. The maximum Gasteiger partial charge on any atom is 0.315 e. The van der Waals surface area contributed by atoms with Crippen LogP contribution in [-0.4, -0.2) is 80.8 Å². The Kier molecular flexibility index (Phi) is 24.2. The molecule has 0 atom stereocenters. The number of hydrogen-bond donors (Lipinski definition) is 8. The highest BCUT2D eigenvalue weighted by Crippen LogP contribution is 2.31. The number of aromatic nitrogens is 10. The molecule has 110 heavy (non-hydrogen) atoms. The van der Waals surface area contributed by atoms with Gasteiger partial charge in [-0.2, -0.15) is 40.5 Å². The van der Waals surface area contributed by atoms with Gasteiger partial charge in [-0.1, -0.05) is 85.0 Å². The Morgan fingerprint density at radius 1 is 0.400 bits per heavy atom. The van der Waals surface area contributed by atoms with E-state index >= 15 is 0 Å². The van der Waals surface area contributed by atoms with Gasteiger partial charge in [-0.15, -0.1) is 0 Å². The lowest BCUT2D eigenvalue weighted by atomic mass is 10.1. The lowest BCUT2D eigenvalue weighted by Gasteiger charge is -2.07. The van der Waals surface area contributed by atoms with Crippen LogP contribution in [0.15, 0.2) is 211 Å². The van der Waals surface area contributed by atoms with Crippen LogP contribution in [0.4, 0.5) is 66.7 Å². The van der Waals surface area contributed by atoms with Crippen LogP contribution >= 0.6 is 11.3 Å². The van der Waals surface area contributed by atoms with Gasteiger partial charge in [0.25, 0.3) is 11.8 Å². The van der Waals surface area contributed by atoms with E-state index in [1.165, 1.54) is 90.2 Å². The molecule has 0 unspecified atom stereocenters. The molecule has 550 valence electrons. The van der Waals surface area contributed by atoms with Crippen LogP contribution in [0.25, 0.3) is 92.2 Å². The minimum atomic E-state index is -3.25. The lowest BCUT2D eigenvalue weighted by Crippen LogP contribution is -2.20. The highest BCUT2D eigenvalue weighted by molar-refractivity contribution is 7.08. The molecule has 0 spiro atoms. The maximum atomic E-state index is 14.4. The van der Waals surface area contributed by atoms with Crippen LogP contribution < -0.4 is 21.3 Å². The van der Waals surface area contributed by atoms with E-state index in [2.05, 4.69) is 66.7 Å². The normalized spacial score (nSPS) is 11.3. The second kappa shape index (κ2) is 35.2. The fraction of sp³-hybridized carbons (Fsp3) is 0.0370. The number of pyridine rings is 2. The van der Waals surface area contributed by atoms with Crippen molar-refractivity contribution in [3.05, 3.63) is 320 Å². The van der Waals surface area contributed by atoms with Crippen LogP contribution in [0.2, 0.25) is 0 Å². The van der Waals surface area contributed by atoms with Gasteiger partial charge >= 0.3 is 6.43 Å². The number of halogens is 10. The number of alkyl halides is 2. The summed E-state index contributed by atoms with van der Waals surface area (Å²) in [6.07, 6.45) is 15.5. The number of aromatic amines is 4. The van der Waals surface area contributed by atoms with Crippen LogP contribution in [0.3, 0.4) is 0 Å². The molecule has 0 radical (unpaired) electrons. The summed E-state index contributed by atoms with van der Waals surface area (Å²) in [5.41, 5.74) is 8.78. The Bertz CT molecular complexity index is 5710. The third-order valence-corrected chi connectivity index (χ3v) is 16.8. The first-order valence-corrected chi connectivity index (χ1v) is 33.9. The number of amides is 4. The molecule has 7 heterocycles. The van der Waals surface area contributed by atoms with Gasteiger partial charge in [-0.3, -0.25) is 49.5 Å². The first-order valence-electron chi connectivity index (χ1n) is 33.0. The molecule has 15 aromatic rings. The van der Waals surface area contributed by atoms with Crippen LogP contribution in [-0.2, 0) is 27.2 Å². The van der Waals surface area contributed by atoms with Crippen molar-refractivity contribution in [1.29, 1.82) is 0 Å². The number of rotatable bonds is 18. The number of nitrogens with one attached hydrogen (secondary N) is 8. The molecular formula is C81H56F10N14O4S. The van der Waals surface area contributed by atoms with Crippen molar-refractivity contribution in [2.75, 3.05) is 21.3 Å². The maximum absolute atomic E-state index is 14.4. The first kappa shape index (κ1) is 75.5. The molecule has 0 bridgehead atoms. The Hall–Kier alpha value is -14.2. The minimum absolute atomic E-state index is 0.0427. The number of anilines is 4. The summed E-state index contributed by atoms with van der Waals surface area (Å²) in [5.74, 6) is -6.51. The topological polar surface area (TPSA) is 257 Å². The second-order valence-electron chi connectivity index (χ2n) is 23.9. The zero-order chi connectivity index (χ0) is 77.2. The van der Waals surface area contributed by atoms with Crippen LogP contribution in [0.1, 0.15) is 66.6 Å². The predicted molar refractivity (Wildman–Crippen MR) is 406 cm³/mol. The number of fused-ring (bicyclic) bond motifs is 4. The summed E-state index contributed by atoms with van der Waals surface area (Å²) in [6, 6.07) is 45.0. The van der Waals surface area contributed by atoms with E-state index in [0.717, 1.165) is 28.3 Å². The minimum Gasteiger partial charge on any atom is -0.323 e. The molecule has 8 aromatic carbocycles. The van der Waals surface area contributed by atoms with Crippen molar-refractivity contribution < 1.29 is 63.1 Å². The van der Waals surface area contributed by atoms with Gasteiger partial charge in [0, 0.05) is 75.5 Å². The Morgan fingerprint density at radius 2 is 0.773 bits per heavy atom. The van der Waals surface area contributed by atoms with Gasteiger partial charge in [0.05, 0.1) is 86.0 Å². The van der Waals surface area contributed by atoms with Crippen molar-refractivity contribution >= 4 is 150 Å². The largest absolute Gasteiger partial charge is 0.323 e. The number of H-pyrrole nitrogens is 4. The molecule has 0 fully saturated rings. The molecule has 0 aliphatic carbocycles.